The second kappa shape index (κ2) is 15.2. The highest BCUT2D eigenvalue weighted by molar-refractivity contribution is 6.28. The molecule has 0 amide bonds. The SMILES string of the molecule is c1ccc(-c2cc(-c3ccc(-c4cccc(-c5ccc6c7c8c(-c9ccccc9)nc9ccccc9c8ccc7n(-c7ccccc7)c6c5)c4)cc3)nc(-c3ccccc3)n2)cc1. The smallest absolute Gasteiger partial charge is 0.160 e. The molecule has 0 aliphatic carbocycles. The molecule has 0 unspecified atom stereocenters. The molecule has 294 valence electrons. The van der Waals surface area contributed by atoms with Crippen LogP contribution >= 0.6 is 0 Å². The van der Waals surface area contributed by atoms with Crippen molar-refractivity contribution in [2.45, 2.75) is 0 Å². The molecule has 3 aromatic heterocycles. The predicted octanol–water partition coefficient (Wildman–Crippen LogP) is 15.3. The normalized spacial score (nSPS) is 11.5. The van der Waals surface area contributed by atoms with Crippen molar-refractivity contribution in [1.82, 2.24) is 19.5 Å². The summed E-state index contributed by atoms with van der Waals surface area (Å²) < 4.78 is 2.42. The minimum atomic E-state index is 0.710. The van der Waals surface area contributed by atoms with Gasteiger partial charge in [0.1, 0.15) is 0 Å². The summed E-state index contributed by atoms with van der Waals surface area (Å²) in [5.74, 6) is 0.710. The molecule has 9 aromatic carbocycles. The lowest BCUT2D eigenvalue weighted by Crippen LogP contribution is -1.95. The second-order valence-electron chi connectivity index (χ2n) is 16.0. The average Bonchev–Trinajstić information content (AvgIpc) is 3.71. The fourth-order valence-corrected chi connectivity index (χ4v) is 9.17. The molecular formula is C59H38N4. The predicted molar refractivity (Wildman–Crippen MR) is 262 cm³/mol. The largest absolute Gasteiger partial charge is 0.309 e. The lowest BCUT2D eigenvalue weighted by Gasteiger charge is -2.12. The van der Waals surface area contributed by atoms with E-state index in [-0.39, 0.29) is 0 Å². The van der Waals surface area contributed by atoms with E-state index < -0.39 is 0 Å². The Kier molecular flexibility index (Phi) is 8.79. The summed E-state index contributed by atoms with van der Waals surface area (Å²) >= 11 is 0. The van der Waals surface area contributed by atoms with E-state index in [2.05, 4.69) is 199 Å². The Labute approximate surface area is 365 Å². The molecule has 63 heavy (non-hydrogen) atoms. The third-order valence-electron chi connectivity index (χ3n) is 12.2. The van der Waals surface area contributed by atoms with Crippen LogP contribution < -0.4 is 0 Å². The highest BCUT2D eigenvalue weighted by Gasteiger charge is 2.21. The molecule has 12 aromatic rings. The molecule has 0 N–H and O–H groups in total. The fraction of sp³-hybridized carbons (Fsp3) is 0. The van der Waals surface area contributed by atoms with Crippen LogP contribution in [-0.2, 0) is 0 Å². The van der Waals surface area contributed by atoms with Gasteiger partial charge in [-0.2, -0.15) is 0 Å². The number of hydrogen-bond donors (Lipinski definition) is 0. The van der Waals surface area contributed by atoms with Gasteiger partial charge < -0.3 is 4.57 Å². The van der Waals surface area contributed by atoms with E-state index in [1.807, 2.05) is 36.4 Å². The van der Waals surface area contributed by atoms with Crippen molar-refractivity contribution < 1.29 is 0 Å². The number of para-hydroxylation sites is 2. The van der Waals surface area contributed by atoms with Gasteiger partial charge in [-0.1, -0.05) is 188 Å². The van der Waals surface area contributed by atoms with Crippen molar-refractivity contribution in [3.8, 4) is 73.1 Å². The molecule has 0 radical (unpaired) electrons. The highest BCUT2D eigenvalue weighted by atomic mass is 15.0. The molecule has 0 saturated heterocycles. The van der Waals surface area contributed by atoms with E-state index in [0.717, 1.165) is 89.2 Å². The second-order valence-corrected chi connectivity index (χ2v) is 16.0. The molecule has 0 aliphatic rings. The summed E-state index contributed by atoms with van der Waals surface area (Å²) in [5.41, 5.74) is 16.0. The van der Waals surface area contributed by atoms with Gasteiger partial charge >= 0.3 is 0 Å². The molecule has 3 heterocycles. The van der Waals surface area contributed by atoms with Crippen LogP contribution in [0, 0.1) is 0 Å². The minimum absolute atomic E-state index is 0.710. The van der Waals surface area contributed by atoms with Gasteiger partial charge in [0, 0.05) is 49.5 Å². The maximum atomic E-state index is 5.36. The summed E-state index contributed by atoms with van der Waals surface area (Å²) in [4.78, 5) is 15.4. The van der Waals surface area contributed by atoms with Gasteiger partial charge in [0.2, 0.25) is 0 Å². The third kappa shape index (κ3) is 6.44. The van der Waals surface area contributed by atoms with Crippen LogP contribution in [0.4, 0.5) is 0 Å². The first-order valence-electron chi connectivity index (χ1n) is 21.4. The number of fused-ring (bicyclic) bond motifs is 7. The Morgan fingerprint density at radius 3 is 1.52 bits per heavy atom. The number of nitrogens with zero attached hydrogens (tertiary/aromatic N) is 4. The number of rotatable bonds is 7. The van der Waals surface area contributed by atoms with Crippen LogP contribution in [0.25, 0.3) is 117 Å². The summed E-state index contributed by atoms with van der Waals surface area (Å²) in [5, 5.41) is 5.93. The third-order valence-corrected chi connectivity index (χ3v) is 12.2. The van der Waals surface area contributed by atoms with Gasteiger partial charge in [-0.05, 0) is 70.1 Å². The van der Waals surface area contributed by atoms with Crippen molar-refractivity contribution in [2.75, 3.05) is 0 Å². The number of aromatic nitrogens is 4. The first-order valence-corrected chi connectivity index (χ1v) is 21.4. The van der Waals surface area contributed by atoms with Crippen LogP contribution in [0.2, 0.25) is 0 Å². The Hall–Kier alpha value is -8.47. The molecule has 0 spiro atoms. The Balaban J connectivity index is 0.979. The van der Waals surface area contributed by atoms with Gasteiger partial charge in [-0.3, -0.25) is 0 Å². The van der Waals surface area contributed by atoms with Gasteiger partial charge in [-0.15, -0.1) is 0 Å². The first-order chi connectivity index (χ1) is 31.2. The summed E-state index contributed by atoms with van der Waals surface area (Å²) in [6.45, 7) is 0. The molecule has 0 saturated carbocycles. The molecular weight excluding hydrogens is 765 g/mol. The van der Waals surface area contributed by atoms with E-state index in [1.54, 1.807) is 0 Å². The van der Waals surface area contributed by atoms with Crippen LogP contribution in [0.15, 0.2) is 231 Å². The quantitative estimate of drug-likeness (QED) is 0.151. The lowest BCUT2D eigenvalue weighted by atomic mass is 9.95. The zero-order valence-corrected chi connectivity index (χ0v) is 34.2. The van der Waals surface area contributed by atoms with Crippen LogP contribution in [0.5, 0.6) is 0 Å². The topological polar surface area (TPSA) is 43.6 Å². The van der Waals surface area contributed by atoms with Gasteiger partial charge in [-0.25, -0.2) is 15.0 Å². The number of benzene rings is 9. The van der Waals surface area contributed by atoms with Crippen molar-refractivity contribution in [3.05, 3.63) is 231 Å². The minimum Gasteiger partial charge on any atom is -0.309 e. The van der Waals surface area contributed by atoms with Crippen molar-refractivity contribution in [2.24, 2.45) is 0 Å². The van der Waals surface area contributed by atoms with E-state index in [1.165, 1.54) is 21.5 Å². The van der Waals surface area contributed by atoms with Crippen molar-refractivity contribution >= 4 is 43.5 Å². The maximum Gasteiger partial charge on any atom is 0.160 e. The van der Waals surface area contributed by atoms with Crippen LogP contribution in [0.3, 0.4) is 0 Å². The van der Waals surface area contributed by atoms with Gasteiger partial charge in [0.25, 0.3) is 0 Å². The fourth-order valence-electron chi connectivity index (χ4n) is 9.17. The van der Waals surface area contributed by atoms with E-state index in [9.17, 15) is 0 Å². The summed E-state index contributed by atoms with van der Waals surface area (Å²) in [6, 6.07) is 81.6. The Bertz CT molecular complexity index is 3580. The Morgan fingerprint density at radius 1 is 0.286 bits per heavy atom. The molecule has 0 aliphatic heterocycles. The molecule has 12 rings (SSSR count). The van der Waals surface area contributed by atoms with Crippen molar-refractivity contribution in [3.63, 3.8) is 0 Å². The summed E-state index contributed by atoms with van der Waals surface area (Å²) in [6.07, 6.45) is 0. The molecule has 4 heteroatoms. The number of hydrogen-bond acceptors (Lipinski definition) is 3. The van der Waals surface area contributed by atoms with E-state index >= 15 is 0 Å². The first kappa shape index (κ1) is 36.4. The van der Waals surface area contributed by atoms with E-state index in [0.29, 0.717) is 5.82 Å². The van der Waals surface area contributed by atoms with Gasteiger partial charge in [0.15, 0.2) is 5.82 Å². The van der Waals surface area contributed by atoms with E-state index in [4.69, 9.17) is 15.0 Å². The molecule has 0 atom stereocenters. The lowest BCUT2D eigenvalue weighted by molar-refractivity contribution is 1.18. The summed E-state index contributed by atoms with van der Waals surface area (Å²) in [7, 11) is 0. The molecule has 0 bridgehead atoms. The zero-order chi connectivity index (χ0) is 41.7. The standard InChI is InChI=1S/C59H38N4/c1-5-16-40(17-6-1)52-38-53(62-59(61-52)43-20-9-3-10-21-43)41-30-28-39(29-31-41)44-22-15-23-45(36-44)46-32-33-50-55(37-46)63(47-24-11-4-12-25-47)54-35-34-49-48-26-13-14-27-51(48)60-58(57(49)56(50)54)42-18-7-2-8-19-42/h1-38H. The highest BCUT2D eigenvalue weighted by Crippen LogP contribution is 2.44. The molecule has 0 fully saturated rings. The molecule has 4 nitrogen and oxygen atoms in total. The zero-order valence-electron chi connectivity index (χ0n) is 34.2. The van der Waals surface area contributed by atoms with Crippen LogP contribution in [-0.4, -0.2) is 19.5 Å². The van der Waals surface area contributed by atoms with Gasteiger partial charge in [0.05, 0.1) is 33.6 Å². The van der Waals surface area contributed by atoms with Crippen molar-refractivity contribution in [1.29, 1.82) is 0 Å². The van der Waals surface area contributed by atoms with Crippen LogP contribution in [0.1, 0.15) is 0 Å². The monoisotopic (exact) mass is 802 g/mol. The maximum absolute atomic E-state index is 5.36. The average molecular weight is 803 g/mol. The Morgan fingerprint density at radius 2 is 0.810 bits per heavy atom. The number of pyridine rings is 1.